The van der Waals surface area contributed by atoms with E-state index in [1.807, 2.05) is 0 Å². The van der Waals surface area contributed by atoms with Crippen LogP contribution in [0.2, 0.25) is 0 Å². The second-order valence-corrected chi connectivity index (χ2v) is 1.85. The Kier molecular flexibility index (Phi) is 3.77. The van der Waals surface area contributed by atoms with Crippen LogP contribution in [0.5, 0.6) is 0 Å². The molecule has 0 rings (SSSR count). The van der Waals surface area contributed by atoms with Crippen molar-refractivity contribution in [3.8, 4) is 0 Å². The first-order chi connectivity index (χ1) is 4.88. The van der Waals surface area contributed by atoms with Crippen molar-refractivity contribution in [3.63, 3.8) is 0 Å². The van der Waals surface area contributed by atoms with Crippen LogP contribution < -0.4 is 0 Å². The highest BCUT2D eigenvalue weighted by Crippen LogP contribution is 2.25. The molecule has 0 aromatic heterocycles. The zero-order chi connectivity index (χ0) is 9.07. The molecular weight excluding hydrogens is 239 g/mol. The first-order valence-corrected chi connectivity index (χ1v) is 3.13. The Bertz CT molecular complexity index is 153. The standard InChI is InChI=1S/C4H2BrF5O/c5-1-2(6)11-3(7)4(8,9)10/h1,3H. The molecule has 1 unspecified atom stereocenters. The summed E-state index contributed by atoms with van der Waals surface area (Å²) in [6.45, 7) is 0. The minimum Gasteiger partial charge on any atom is -0.426 e. The summed E-state index contributed by atoms with van der Waals surface area (Å²) in [6.07, 6.45) is -8.83. The average Bonchev–Trinajstić information content (AvgIpc) is 1.85. The Labute approximate surface area is 67.0 Å². The highest BCUT2D eigenvalue weighted by Gasteiger charge is 2.42. The third-order valence-electron chi connectivity index (χ3n) is 0.559. The van der Waals surface area contributed by atoms with Crippen molar-refractivity contribution in [2.45, 2.75) is 12.5 Å². The van der Waals surface area contributed by atoms with Crippen LogP contribution >= 0.6 is 15.9 Å². The molecule has 7 heteroatoms. The van der Waals surface area contributed by atoms with Crippen molar-refractivity contribution in [2.75, 3.05) is 0 Å². The molecule has 0 saturated carbocycles. The first-order valence-electron chi connectivity index (χ1n) is 2.21. The van der Waals surface area contributed by atoms with Crippen LogP contribution in [0, 0.1) is 0 Å². The highest BCUT2D eigenvalue weighted by atomic mass is 79.9. The number of hydrogen-bond acceptors (Lipinski definition) is 1. The van der Waals surface area contributed by atoms with E-state index in [0.29, 0.717) is 4.99 Å². The maximum atomic E-state index is 11.8. The molecule has 0 aromatic rings. The van der Waals surface area contributed by atoms with Crippen LogP contribution in [0.1, 0.15) is 0 Å². The molecule has 1 atom stereocenters. The summed E-state index contributed by atoms with van der Waals surface area (Å²) in [7, 11) is 0. The van der Waals surface area contributed by atoms with E-state index < -0.39 is 18.5 Å². The van der Waals surface area contributed by atoms with Gasteiger partial charge in [-0.3, -0.25) is 0 Å². The third kappa shape index (κ3) is 4.18. The van der Waals surface area contributed by atoms with Gasteiger partial charge in [0.15, 0.2) is 0 Å². The monoisotopic (exact) mass is 240 g/mol. The van der Waals surface area contributed by atoms with Gasteiger partial charge in [-0.05, 0) is 0 Å². The smallest absolute Gasteiger partial charge is 0.426 e. The molecule has 0 radical (unpaired) electrons. The van der Waals surface area contributed by atoms with E-state index in [4.69, 9.17) is 0 Å². The Morgan fingerprint density at radius 1 is 1.45 bits per heavy atom. The van der Waals surface area contributed by atoms with E-state index in [1.165, 1.54) is 0 Å². The highest BCUT2D eigenvalue weighted by molar-refractivity contribution is 9.11. The molecule has 0 amide bonds. The lowest BCUT2D eigenvalue weighted by Crippen LogP contribution is -2.26. The summed E-state index contributed by atoms with van der Waals surface area (Å²) < 4.78 is 60.3. The van der Waals surface area contributed by atoms with Gasteiger partial charge in [0.1, 0.15) is 0 Å². The second-order valence-electron chi connectivity index (χ2n) is 1.39. The van der Waals surface area contributed by atoms with Crippen molar-refractivity contribution in [1.82, 2.24) is 0 Å². The fourth-order valence-corrected chi connectivity index (χ4v) is 0.299. The summed E-state index contributed by atoms with van der Waals surface area (Å²) in [4.78, 5) is 0.394. The van der Waals surface area contributed by atoms with Gasteiger partial charge in [-0.25, -0.2) is 0 Å². The van der Waals surface area contributed by atoms with Gasteiger partial charge in [0.05, 0.1) is 4.99 Å². The van der Waals surface area contributed by atoms with Crippen LogP contribution in [0.3, 0.4) is 0 Å². The third-order valence-corrected chi connectivity index (χ3v) is 0.919. The minimum absolute atomic E-state index is 0.394. The van der Waals surface area contributed by atoms with Crippen LogP contribution in [0.4, 0.5) is 22.0 Å². The van der Waals surface area contributed by atoms with Crippen LogP contribution in [0.25, 0.3) is 0 Å². The van der Waals surface area contributed by atoms with Gasteiger partial charge in [0.25, 0.3) is 6.01 Å². The molecule has 0 aliphatic heterocycles. The molecule has 0 N–H and O–H groups in total. The topological polar surface area (TPSA) is 9.23 Å². The van der Waals surface area contributed by atoms with Crippen molar-refractivity contribution >= 4 is 15.9 Å². The summed E-state index contributed by atoms with van der Waals surface area (Å²) in [5, 5.41) is 0. The quantitative estimate of drug-likeness (QED) is 0.533. The molecular formula is C4H2BrF5O. The van der Waals surface area contributed by atoms with Crippen molar-refractivity contribution in [2.24, 2.45) is 0 Å². The van der Waals surface area contributed by atoms with Gasteiger partial charge in [0, 0.05) is 0 Å². The molecule has 0 spiro atoms. The van der Waals surface area contributed by atoms with Gasteiger partial charge >= 0.3 is 12.5 Å². The van der Waals surface area contributed by atoms with Gasteiger partial charge < -0.3 is 4.74 Å². The van der Waals surface area contributed by atoms with E-state index in [9.17, 15) is 22.0 Å². The van der Waals surface area contributed by atoms with Crippen molar-refractivity contribution in [3.05, 3.63) is 11.0 Å². The van der Waals surface area contributed by atoms with Gasteiger partial charge in [-0.2, -0.15) is 22.0 Å². The lowest BCUT2D eigenvalue weighted by Gasteiger charge is -2.11. The largest absolute Gasteiger partial charge is 0.457 e. The number of alkyl halides is 4. The Morgan fingerprint density at radius 3 is 2.18 bits per heavy atom. The molecule has 11 heavy (non-hydrogen) atoms. The first kappa shape index (κ1) is 10.7. The van der Waals surface area contributed by atoms with E-state index in [-0.39, 0.29) is 0 Å². The van der Waals surface area contributed by atoms with Crippen LogP contribution in [0.15, 0.2) is 11.0 Å². The fourth-order valence-electron chi connectivity index (χ4n) is 0.191. The molecule has 1 nitrogen and oxygen atoms in total. The van der Waals surface area contributed by atoms with Crippen LogP contribution in [-0.2, 0) is 4.74 Å². The predicted octanol–water partition coefficient (Wildman–Crippen LogP) is 3.02. The van der Waals surface area contributed by atoms with Gasteiger partial charge in [-0.15, -0.1) is 0 Å². The number of hydrogen-bond donors (Lipinski definition) is 0. The molecule has 0 aliphatic carbocycles. The van der Waals surface area contributed by atoms with Crippen molar-refractivity contribution < 1.29 is 26.7 Å². The SMILES string of the molecule is FC(=CBr)OC(F)C(F)(F)F. The lowest BCUT2D eigenvalue weighted by atomic mass is 10.7. The molecule has 0 bridgehead atoms. The molecule has 66 valence electrons. The molecule has 0 fully saturated rings. The fraction of sp³-hybridized carbons (Fsp3) is 0.500. The molecule has 0 heterocycles. The molecule has 0 aliphatic rings. The Morgan fingerprint density at radius 2 is 1.91 bits per heavy atom. The summed E-state index contributed by atoms with van der Waals surface area (Å²) in [5.74, 6) is 0. The normalized spacial score (nSPS) is 16.4. The maximum absolute atomic E-state index is 11.8. The Hall–Kier alpha value is -0.330. The van der Waals surface area contributed by atoms with E-state index >= 15 is 0 Å². The minimum atomic E-state index is -5.20. The maximum Gasteiger partial charge on any atom is 0.457 e. The summed E-state index contributed by atoms with van der Waals surface area (Å²) >= 11 is 2.31. The molecule has 0 saturated heterocycles. The zero-order valence-corrected chi connectivity index (χ0v) is 6.42. The Balaban J connectivity index is 3.98. The molecule has 0 aromatic carbocycles. The van der Waals surface area contributed by atoms with Crippen LogP contribution in [-0.4, -0.2) is 12.5 Å². The number of ether oxygens (including phenoxy) is 1. The summed E-state index contributed by atoms with van der Waals surface area (Å²) in [5.41, 5.74) is 0. The lowest BCUT2D eigenvalue weighted by molar-refractivity contribution is -0.258. The average molecular weight is 241 g/mol. The number of halogens is 6. The van der Waals surface area contributed by atoms with E-state index in [0.717, 1.165) is 0 Å². The van der Waals surface area contributed by atoms with E-state index in [1.54, 1.807) is 0 Å². The van der Waals surface area contributed by atoms with Gasteiger partial charge in [-0.1, -0.05) is 15.9 Å². The van der Waals surface area contributed by atoms with Gasteiger partial charge in [0.2, 0.25) is 0 Å². The van der Waals surface area contributed by atoms with E-state index in [2.05, 4.69) is 20.7 Å². The predicted molar refractivity (Wildman–Crippen MR) is 30.2 cm³/mol. The zero-order valence-electron chi connectivity index (χ0n) is 4.83. The second kappa shape index (κ2) is 3.89. The van der Waals surface area contributed by atoms with Crippen molar-refractivity contribution in [1.29, 1.82) is 0 Å². The summed E-state index contributed by atoms with van der Waals surface area (Å²) in [6, 6.07) is -1.67. The number of rotatable bonds is 2.